The van der Waals surface area contributed by atoms with E-state index in [2.05, 4.69) is 10.4 Å². The summed E-state index contributed by atoms with van der Waals surface area (Å²) in [4.78, 5) is 22.4. The van der Waals surface area contributed by atoms with Crippen LogP contribution in [0.4, 0.5) is 0 Å². The van der Waals surface area contributed by atoms with E-state index in [0.29, 0.717) is 6.42 Å². The Hall–Kier alpha value is -1.85. The maximum absolute atomic E-state index is 11.6. The standard InChI is InChI=1S/C11H17N3O3/c1-4-9(11(16)17)12-10(15)6-14-8(3)5-7(2)13-14/h5,9H,4,6H2,1-3H3,(H,12,15)(H,16,17)/t9-/m0/s1. The fraction of sp³-hybridized carbons (Fsp3) is 0.545. The van der Waals surface area contributed by atoms with Gasteiger partial charge in [0, 0.05) is 5.69 Å². The Morgan fingerprint density at radius 3 is 2.59 bits per heavy atom. The Morgan fingerprint density at radius 1 is 1.53 bits per heavy atom. The lowest BCUT2D eigenvalue weighted by Gasteiger charge is -2.12. The molecule has 6 nitrogen and oxygen atoms in total. The first-order chi connectivity index (χ1) is 7.93. The number of carboxylic acid groups (broad SMARTS) is 1. The van der Waals surface area contributed by atoms with E-state index >= 15 is 0 Å². The van der Waals surface area contributed by atoms with Crippen molar-refractivity contribution in [3.05, 3.63) is 17.5 Å². The lowest BCUT2D eigenvalue weighted by molar-refractivity contribution is -0.142. The van der Waals surface area contributed by atoms with E-state index in [1.165, 1.54) is 0 Å². The van der Waals surface area contributed by atoms with Crippen molar-refractivity contribution in [1.29, 1.82) is 0 Å². The summed E-state index contributed by atoms with van der Waals surface area (Å²) in [5.74, 6) is -1.36. The summed E-state index contributed by atoms with van der Waals surface area (Å²) >= 11 is 0. The van der Waals surface area contributed by atoms with Gasteiger partial charge in [0.2, 0.25) is 5.91 Å². The summed E-state index contributed by atoms with van der Waals surface area (Å²) in [5.41, 5.74) is 1.71. The highest BCUT2D eigenvalue weighted by Gasteiger charge is 2.18. The van der Waals surface area contributed by atoms with Crippen molar-refractivity contribution in [2.75, 3.05) is 0 Å². The van der Waals surface area contributed by atoms with E-state index in [1.807, 2.05) is 19.9 Å². The van der Waals surface area contributed by atoms with Crippen molar-refractivity contribution in [1.82, 2.24) is 15.1 Å². The summed E-state index contributed by atoms with van der Waals surface area (Å²) in [6.07, 6.45) is 0.359. The van der Waals surface area contributed by atoms with Crippen LogP contribution in [0.2, 0.25) is 0 Å². The molecule has 0 aliphatic carbocycles. The molecule has 17 heavy (non-hydrogen) atoms. The molecule has 1 atom stereocenters. The fourth-order valence-corrected chi connectivity index (χ4v) is 1.55. The van der Waals surface area contributed by atoms with Gasteiger partial charge >= 0.3 is 5.97 Å². The number of aliphatic carboxylic acids is 1. The van der Waals surface area contributed by atoms with Crippen LogP contribution in [0, 0.1) is 13.8 Å². The Bertz CT molecular complexity index is 426. The van der Waals surface area contributed by atoms with Crippen molar-refractivity contribution in [3.63, 3.8) is 0 Å². The van der Waals surface area contributed by atoms with Crippen LogP contribution in [-0.4, -0.2) is 32.8 Å². The highest BCUT2D eigenvalue weighted by molar-refractivity contribution is 5.83. The Labute approximate surface area is 99.6 Å². The highest BCUT2D eigenvalue weighted by Crippen LogP contribution is 2.01. The number of carbonyl (C=O) groups excluding carboxylic acids is 1. The Balaban J connectivity index is 2.61. The summed E-state index contributed by atoms with van der Waals surface area (Å²) < 4.78 is 1.55. The molecule has 0 radical (unpaired) electrons. The Morgan fingerprint density at radius 2 is 2.18 bits per heavy atom. The van der Waals surface area contributed by atoms with Gasteiger partial charge in [-0.1, -0.05) is 6.92 Å². The van der Waals surface area contributed by atoms with E-state index in [9.17, 15) is 9.59 Å². The first kappa shape index (κ1) is 13.2. The second-order valence-corrected chi connectivity index (χ2v) is 3.95. The number of nitrogens with zero attached hydrogens (tertiary/aromatic N) is 2. The number of carboxylic acids is 1. The molecule has 94 valence electrons. The Kier molecular flexibility index (Phi) is 4.25. The lowest BCUT2D eigenvalue weighted by Crippen LogP contribution is -2.42. The van der Waals surface area contributed by atoms with Crippen molar-refractivity contribution in [2.24, 2.45) is 0 Å². The zero-order valence-electron chi connectivity index (χ0n) is 10.2. The molecule has 1 rings (SSSR count). The molecule has 0 saturated carbocycles. The quantitative estimate of drug-likeness (QED) is 0.782. The summed E-state index contributed by atoms with van der Waals surface area (Å²) in [6, 6.07) is 1.03. The smallest absolute Gasteiger partial charge is 0.326 e. The highest BCUT2D eigenvalue weighted by atomic mass is 16.4. The van der Waals surface area contributed by atoms with Gasteiger partial charge in [0.15, 0.2) is 0 Å². The van der Waals surface area contributed by atoms with Crippen LogP contribution in [0.25, 0.3) is 0 Å². The van der Waals surface area contributed by atoms with Crippen molar-refractivity contribution in [2.45, 2.75) is 39.8 Å². The number of nitrogens with one attached hydrogen (secondary N) is 1. The van der Waals surface area contributed by atoms with Crippen LogP contribution >= 0.6 is 0 Å². The van der Waals surface area contributed by atoms with Gasteiger partial charge in [-0.25, -0.2) is 4.79 Å². The summed E-state index contributed by atoms with van der Waals surface area (Å²) in [6.45, 7) is 5.45. The number of aromatic nitrogens is 2. The van der Waals surface area contributed by atoms with Crippen LogP contribution in [-0.2, 0) is 16.1 Å². The van der Waals surface area contributed by atoms with Gasteiger partial charge in [-0.15, -0.1) is 0 Å². The molecule has 0 aromatic carbocycles. The van der Waals surface area contributed by atoms with Crippen molar-refractivity contribution < 1.29 is 14.7 Å². The monoisotopic (exact) mass is 239 g/mol. The third-order valence-electron chi connectivity index (χ3n) is 2.44. The predicted molar refractivity (Wildman–Crippen MR) is 61.6 cm³/mol. The molecule has 0 bridgehead atoms. The first-order valence-corrected chi connectivity index (χ1v) is 5.47. The molecule has 1 heterocycles. The van der Waals surface area contributed by atoms with Gasteiger partial charge in [-0.2, -0.15) is 5.10 Å². The average Bonchev–Trinajstić information content (AvgIpc) is 2.53. The minimum absolute atomic E-state index is 0.0451. The van der Waals surface area contributed by atoms with Crippen LogP contribution < -0.4 is 5.32 Å². The van der Waals surface area contributed by atoms with Gasteiger partial charge in [-0.05, 0) is 26.3 Å². The van der Waals surface area contributed by atoms with Gasteiger partial charge < -0.3 is 10.4 Å². The van der Waals surface area contributed by atoms with Crippen LogP contribution in [0.3, 0.4) is 0 Å². The number of carbonyl (C=O) groups is 2. The fourth-order valence-electron chi connectivity index (χ4n) is 1.55. The second-order valence-electron chi connectivity index (χ2n) is 3.95. The van der Waals surface area contributed by atoms with Crippen LogP contribution in [0.5, 0.6) is 0 Å². The maximum atomic E-state index is 11.6. The summed E-state index contributed by atoms with van der Waals surface area (Å²) in [5, 5.41) is 15.4. The van der Waals surface area contributed by atoms with Crippen LogP contribution in [0.15, 0.2) is 6.07 Å². The molecule has 1 aromatic rings. The van der Waals surface area contributed by atoms with Gasteiger partial charge in [0.1, 0.15) is 12.6 Å². The molecule has 1 amide bonds. The van der Waals surface area contributed by atoms with E-state index in [4.69, 9.17) is 5.11 Å². The molecule has 0 unspecified atom stereocenters. The molecular weight excluding hydrogens is 222 g/mol. The molecule has 1 aromatic heterocycles. The van der Waals surface area contributed by atoms with Gasteiger partial charge in [0.25, 0.3) is 0 Å². The maximum Gasteiger partial charge on any atom is 0.326 e. The van der Waals surface area contributed by atoms with E-state index in [-0.39, 0.29) is 12.5 Å². The average molecular weight is 239 g/mol. The molecule has 0 aliphatic heterocycles. The van der Waals surface area contributed by atoms with Gasteiger partial charge in [-0.3, -0.25) is 9.48 Å². The van der Waals surface area contributed by atoms with E-state index < -0.39 is 12.0 Å². The molecule has 0 spiro atoms. The number of amides is 1. The second kappa shape index (κ2) is 5.47. The number of aryl methyl sites for hydroxylation is 2. The zero-order chi connectivity index (χ0) is 13.0. The molecule has 0 saturated heterocycles. The molecule has 6 heteroatoms. The van der Waals surface area contributed by atoms with Gasteiger partial charge in [0.05, 0.1) is 5.69 Å². The van der Waals surface area contributed by atoms with Crippen molar-refractivity contribution in [3.8, 4) is 0 Å². The minimum Gasteiger partial charge on any atom is -0.480 e. The topological polar surface area (TPSA) is 84.2 Å². The van der Waals surface area contributed by atoms with E-state index in [0.717, 1.165) is 11.4 Å². The van der Waals surface area contributed by atoms with Crippen LogP contribution in [0.1, 0.15) is 24.7 Å². The predicted octanol–water partition coefficient (Wildman–Crippen LogP) is 0.479. The van der Waals surface area contributed by atoms with E-state index in [1.54, 1.807) is 11.6 Å². The molecule has 2 N–H and O–H groups in total. The summed E-state index contributed by atoms with van der Waals surface area (Å²) in [7, 11) is 0. The lowest BCUT2D eigenvalue weighted by atomic mass is 10.2. The van der Waals surface area contributed by atoms with Crippen molar-refractivity contribution >= 4 is 11.9 Å². The zero-order valence-corrected chi connectivity index (χ0v) is 10.2. The normalized spacial score (nSPS) is 12.2. The first-order valence-electron chi connectivity index (χ1n) is 5.47. The minimum atomic E-state index is -1.02. The third kappa shape index (κ3) is 3.58. The number of rotatable bonds is 5. The SMILES string of the molecule is CC[C@H](NC(=O)Cn1nc(C)cc1C)C(=O)O. The molecule has 0 aliphatic rings. The number of hydrogen-bond acceptors (Lipinski definition) is 3. The number of hydrogen-bond donors (Lipinski definition) is 2. The molecule has 0 fully saturated rings. The third-order valence-corrected chi connectivity index (χ3v) is 2.44. The molecular formula is C11H17N3O3. The largest absolute Gasteiger partial charge is 0.480 e.